The molecule has 1 aromatic rings. The molecule has 118 valence electrons. The zero-order chi connectivity index (χ0) is 15.6. The average Bonchev–Trinajstić information content (AvgIpc) is 2.86. The smallest absolute Gasteiger partial charge is 0.124 e. The SMILES string of the molecule is COc1c(C)cc(C(Cl)C2(CC(C)C)CCCC2)cc1C. The molecule has 2 rings (SSSR count). The number of hydrogen-bond acceptors (Lipinski definition) is 1. The molecule has 1 nitrogen and oxygen atoms in total. The lowest BCUT2D eigenvalue weighted by molar-refractivity contribution is 0.223. The number of ether oxygens (including phenoxy) is 1. The van der Waals surface area contributed by atoms with E-state index < -0.39 is 0 Å². The Bertz CT molecular complexity index is 463. The van der Waals surface area contributed by atoms with Gasteiger partial charge < -0.3 is 4.74 Å². The van der Waals surface area contributed by atoms with Crippen molar-refractivity contribution < 1.29 is 4.74 Å². The minimum Gasteiger partial charge on any atom is -0.496 e. The van der Waals surface area contributed by atoms with Gasteiger partial charge in [0.05, 0.1) is 12.5 Å². The lowest BCUT2D eigenvalue weighted by atomic mass is 9.73. The molecule has 0 radical (unpaired) electrons. The third-order valence-electron chi connectivity index (χ3n) is 4.93. The van der Waals surface area contributed by atoms with Crippen LogP contribution in [-0.4, -0.2) is 7.11 Å². The first-order chi connectivity index (χ1) is 9.89. The van der Waals surface area contributed by atoms with Crippen LogP contribution in [0.25, 0.3) is 0 Å². The normalized spacial score (nSPS) is 19.0. The summed E-state index contributed by atoms with van der Waals surface area (Å²) >= 11 is 7.01. The fraction of sp³-hybridized carbons (Fsp3) is 0.684. The van der Waals surface area contributed by atoms with E-state index >= 15 is 0 Å². The van der Waals surface area contributed by atoms with E-state index in [9.17, 15) is 0 Å². The zero-order valence-electron chi connectivity index (χ0n) is 14.1. The maximum absolute atomic E-state index is 7.01. The van der Waals surface area contributed by atoms with Gasteiger partial charge >= 0.3 is 0 Å². The standard InChI is InChI=1S/C19H29ClO/c1-13(2)12-19(8-6-7-9-19)18(20)16-10-14(3)17(21-5)15(4)11-16/h10-11,13,18H,6-9,12H2,1-5H3. The van der Waals surface area contributed by atoms with Gasteiger partial charge in [-0.2, -0.15) is 0 Å². The number of aryl methyl sites for hydroxylation is 2. The zero-order valence-corrected chi connectivity index (χ0v) is 14.9. The van der Waals surface area contributed by atoms with Crippen LogP contribution in [-0.2, 0) is 0 Å². The molecule has 0 heterocycles. The van der Waals surface area contributed by atoms with Gasteiger partial charge in [-0.15, -0.1) is 11.6 Å². The second-order valence-corrected chi connectivity index (χ2v) is 7.65. The Morgan fingerprint density at radius 2 is 1.67 bits per heavy atom. The Morgan fingerprint density at radius 1 is 1.14 bits per heavy atom. The van der Waals surface area contributed by atoms with E-state index in [0.29, 0.717) is 5.92 Å². The summed E-state index contributed by atoms with van der Waals surface area (Å²) in [7, 11) is 1.74. The summed E-state index contributed by atoms with van der Waals surface area (Å²) in [5, 5.41) is 0.116. The largest absolute Gasteiger partial charge is 0.496 e. The summed E-state index contributed by atoms with van der Waals surface area (Å²) in [5.41, 5.74) is 3.94. The van der Waals surface area contributed by atoms with Crippen LogP contribution in [0.1, 0.15) is 68.0 Å². The van der Waals surface area contributed by atoms with Gasteiger partial charge in [0, 0.05) is 0 Å². The minimum absolute atomic E-state index is 0.116. The van der Waals surface area contributed by atoms with E-state index in [-0.39, 0.29) is 10.8 Å². The summed E-state index contributed by atoms with van der Waals surface area (Å²) in [6.45, 7) is 8.85. The van der Waals surface area contributed by atoms with Gasteiger partial charge in [0.1, 0.15) is 5.75 Å². The fourth-order valence-electron chi connectivity index (χ4n) is 4.26. The van der Waals surface area contributed by atoms with E-state index in [1.54, 1.807) is 7.11 Å². The number of rotatable bonds is 5. The van der Waals surface area contributed by atoms with Crippen LogP contribution in [0, 0.1) is 25.2 Å². The Hall–Kier alpha value is -0.690. The molecule has 0 bridgehead atoms. The van der Waals surface area contributed by atoms with Crippen molar-refractivity contribution in [2.45, 2.75) is 65.2 Å². The maximum Gasteiger partial charge on any atom is 0.124 e. The van der Waals surface area contributed by atoms with Crippen molar-refractivity contribution in [1.82, 2.24) is 0 Å². The Balaban J connectivity index is 2.35. The highest BCUT2D eigenvalue weighted by Gasteiger charge is 2.41. The number of hydrogen-bond donors (Lipinski definition) is 0. The molecule has 0 amide bonds. The molecular formula is C19H29ClO. The lowest BCUT2D eigenvalue weighted by Crippen LogP contribution is -2.25. The first-order valence-corrected chi connectivity index (χ1v) is 8.62. The predicted molar refractivity (Wildman–Crippen MR) is 91.4 cm³/mol. The minimum atomic E-state index is 0.116. The van der Waals surface area contributed by atoms with Crippen LogP contribution >= 0.6 is 11.6 Å². The van der Waals surface area contributed by atoms with E-state index in [4.69, 9.17) is 16.3 Å². The van der Waals surface area contributed by atoms with Gasteiger partial charge in [-0.1, -0.05) is 38.8 Å². The maximum atomic E-state index is 7.01. The summed E-state index contributed by atoms with van der Waals surface area (Å²) in [4.78, 5) is 0. The monoisotopic (exact) mass is 308 g/mol. The quantitative estimate of drug-likeness (QED) is 0.588. The molecule has 1 unspecified atom stereocenters. The van der Waals surface area contributed by atoms with Crippen molar-refractivity contribution in [1.29, 1.82) is 0 Å². The van der Waals surface area contributed by atoms with E-state index in [1.165, 1.54) is 48.8 Å². The van der Waals surface area contributed by atoms with Crippen LogP contribution in [0.2, 0.25) is 0 Å². The molecule has 21 heavy (non-hydrogen) atoms. The summed E-state index contributed by atoms with van der Waals surface area (Å²) < 4.78 is 5.48. The number of alkyl halides is 1. The molecule has 0 saturated heterocycles. The molecule has 2 heteroatoms. The van der Waals surface area contributed by atoms with Crippen molar-refractivity contribution in [2.24, 2.45) is 11.3 Å². The Labute approximate surface area is 135 Å². The number of benzene rings is 1. The van der Waals surface area contributed by atoms with Crippen LogP contribution in [0.5, 0.6) is 5.75 Å². The molecule has 0 spiro atoms. The molecule has 1 aromatic carbocycles. The van der Waals surface area contributed by atoms with Gasteiger partial charge in [-0.25, -0.2) is 0 Å². The first kappa shape index (κ1) is 16.7. The van der Waals surface area contributed by atoms with E-state index in [2.05, 4.69) is 39.8 Å². The van der Waals surface area contributed by atoms with Gasteiger partial charge in [0.15, 0.2) is 0 Å². The van der Waals surface area contributed by atoms with Gasteiger partial charge in [-0.05, 0) is 61.1 Å². The van der Waals surface area contributed by atoms with E-state index in [1.807, 2.05) is 0 Å². The average molecular weight is 309 g/mol. The molecule has 0 aliphatic heterocycles. The molecule has 1 aliphatic rings. The van der Waals surface area contributed by atoms with Crippen LogP contribution in [0.3, 0.4) is 0 Å². The second kappa shape index (κ2) is 6.60. The summed E-state index contributed by atoms with van der Waals surface area (Å²) in [6.07, 6.45) is 6.41. The first-order valence-electron chi connectivity index (χ1n) is 8.19. The lowest BCUT2D eigenvalue weighted by Gasteiger charge is -2.36. The Kier molecular flexibility index (Phi) is 5.24. The molecule has 0 aromatic heterocycles. The van der Waals surface area contributed by atoms with Gasteiger partial charge in [-0.3, -0.25) is 0 Å². The van der Waals surface area contributed by atoms with Crippen molar-refractivity contribution in [3.05, 3.63) is 28.8 Å². The summed E-state index contributed by atoms with van der Waals surface area (Å²) in [6, 6.07) is 4.45. The molecule has 1 atom stereocenters. The molecule has 0 N–H and O–H groups in total. The predicted octanol–water partition coefficient (Wildman–Crippen LogP) is 6.20. The van der Waals surface area contributed by atoms with Gasteiger partial charge in [0.25, 0.3) is 0 Å². The van der Waals surface area contributed by atoms with Crippen molar-refractivity contribution in [2.75, 3.05) is 7.11 Å². The van der Waals surface area contributed by atoms with E-state index in [0.717, 1.165) is 5.75 Å². The highest BCUT2D eigenvalue weighted by molar-refractivity contribution is 6.21. The fourth-order valence-corrected chi connectivity index (χ4v) is 4.69. The molecule has 1 aliphatic carbocycles. The number of halogens is 1. The van der Waals surface area contributed by atoms with Crippen molar-refractivity contribution in [3.8, 4) is 5.75 Å². The van der Waals surface area contributed by atoms with Gasteiger partial charge in [0.2, 0.25) is 0 Å². The van der Waals surface area contributed by atoms with Crippen LogP contribution in [0.4, 0.5) is 0 Å². The van der Waals surface area contributed by atoms with Crippen LogP contribution in [0.15, 0.2) is 12.1 Å². The third-order valence-corrected chi connectivity index (χ3v) is 5.65. The highest BCUT2D eigenvalue weighted by atomic mass is 35.5. The summed E-state index contributed by atoms with van der Waals surface area (Å²) in [5.74, 6) is 1.69. The Morgan fingerprint density at radius 3 is 2.10 bits per heavy atom. The van der Waals surface area contributed by atoms with Crippen molar-refractivity contribution in [3.63, 3.8) is 0 Å². The topological polar surface area (TPSA) is 9.23 Å². The molecule has 1 saturated carbocycles. The third kappa shape index (κ3) is 3.39. The second-order valence-electron chi connectivity index (χ2n) is 7.22. The van der Waals surface area contributed by atoms with Crippen LogP contribution < -0.4 is 4.74 Å². The number of methoxy groups -OCH3 is 1. The molecular weight excluding hydrogens is 280 g/mol. The van der Waals surface area contributed by atoms with Crippen molar-refractivity contribution >= 4 is 11.6 Å². The molecule has 1 fully saturated rings. The highest BCUT2D eigenvalue weighted by Crippen LogP contribution is 2.55.